The van der Waals surface area contributed by atoms with E-state index in [-0.39, 0.29) is 18.3 Å². The maximum atomic E-state index is 6.02. The van der Waals surface area contributed by atoms with Crippen molar-refractivity contribution in [1.82, 2.24) is 10.2 Å². The Kier molecular flexibility index (Phi) is 4.37. The van der Waals surface area contributed by atoms with Crippen LogP contribution in [0.1, 0.15) is 43.5 Å². The predicted octanol–water partition coefficient (Wildman–Crippen LogP) is 1.89. The Morgan fingerprint density at radius 1 is 1.21 bits per heavy atom. The van der Waals surface area contributed by atoms with Crippen molar-refractivity contribution >= 4 is 0 Å². The van der Waals surface area contributed by atoms with Gasteiger partial charge in [0.2, 0.25) is 5.88 Å². The van der Waals surface area contributed by atoms with Crippen molar-refractivity contribution in [3.8, 4) is 5.88 Å². The minimum atomic E-state index is 0.125. The molecule has 2 N–H and O–H groups in total. The van der Waals surface area contributed by atoms with E-state index >= 15 is 0 Å². The van der Waals surface area contributed by atoms with Gasteiger partial charge in [-0.15, -0.1) is 5.10 Å². The van der Waals surface area contributed by atoms with Crippen LogP contribution in [-0.4, -0.2) is 28.5 Å². The van der Waals surface area contributed by atoms with Gasteiger partial charge in [0.05, 0.1) is 17.9 Å². The molecule has 106 valence electrons. The van der Waals surface area contributed by atoms with Crippen molar-refractivity contribution in [2.24, 2.45) is 5.73 Å². The van der Waals surface area contributed by atoms with Crippen LogP contribution in [0, 0.1) is 13.8 Å². The topological polar surface area (TPSA) is 70.3 Å². The summed E-state index contributed by atoms with van der Waals surface area (Å²) >= 11 is 0. The fourth-order valence-electron chi connectivity index (χ4n) is 2.57. The summed E-state index contributed by atoms with van der Waals surface area (Å²) in [6, 6.07) is 0. The number of nitrogens with zero attached hydrogens (tertiary/aromatic N) is 2. The molecule has 5 nitrogen and oxygen atoms in total. The highest BCUT2D eigenvalue weighted by molar-refractivity contribution is 5.35. The van der Waals surface area contributed by atoms with Crippen LogP contribution in [0.5, 0.6) is 5.88 Å². The molecular formula is C14H23N3O2. The van der Waals surface area contributed by atoms with Gasteiger partial charge in [-0.3, -0.25) is 0 Å². The Bertz CT molecular complexity index is 441. The van der Waals surface area contributed by atoms with Crippen LogP contribution in [0.2, 0.25) is 0 Å². The zero-order chi connectivity index (χ0) is 14.0. The SMILES string of the molecule is Cc1nnc(OC2CC(C)OC(C)C2)c(CN)c1C. The molecule has 1 saturated heterocycles. The molecule has 0 saturated carbocycles. The molecule has 0 aliphatic carbocycles. The molecule has 2 rings (SSSR count). The van der Waals surface area contributed by atoms with Gasteiger partial charge in [0, 0.05) is 24.9 Å². The molecule has 2 atom stereocenters. The lowest BCUT2D eigenvalue weighted by Crippen LogP contribution is -2.36. The minimum absolute atomic E-state index is 0.125. The standard InChI is InChI=1S/C14H23N3O2/c1-8-5-12(6-9(2)18-8)19-14-13(7-15)10(3)11(4)16-17-14/h8-9,12H,5-7,15H2,1-4H3. The van der Waals surface area contributed by atoms with Gasteiger partial charge in [-0.25, -0.2) is 0 Å². The normalized spacial score (nSPS) is 27.3. The van der Waals surface area contributed by atoms with E-state index in [4.69, 9.17) is 15.2 Å². The Labute approximate surface area is 114 Å². The molecule has 1 aromatic heterocycles. The quantitative estimate of drug-likeness (QED) is 0.903. The van der Waals surface area contributed by atoms with Gasteiger partial charge < -0.3 is 15.2 Å². The van der Waals surface area contributed by atoms with Crippen LogP contribution >= 0.6 is 0 Å². The predicted molar refractivity (Wildman–Crippen MR) is 73.1 cm³/mol. The van der Waals surface area contributed by atoms with E-state index in [0.29, 0.717) is 12.4 Å². The number of aromatic nitrogens is 2. The fourth-order valence-corrected chi connectivity index (χ4v) is 2.57. The van der Waals surface area contributed by atoms with Crippen LogP contribution in [0.3, 0.4) is 0 Å². The van der Waals surface area contributed by atoms with E-state index < -0.39 is 0 Å². The summed E-state index contributed by atoms with van der Waals surface area (Å²) < 4.78 is 11.7. The minimum Gasteiger partial charge on any atom is -0.473 e. The third-order valence-electron chi connectivity index (χ3n) is 3.68. The summed E-state index contributed by atoms with van der Waals surface area (Å²) in [5, 5.41) is 8.29. The Balaban J connectivity index is 2.17. The number of ether oxygens (including phenoxy) is 2. The Morgan fingerprint density at radius 2 is 1.84 bits per heavy atom. The summed E-state index contributed by atoms with van der Waals surface area (Å²) in [5.74, 6) is 0.580. The molecule has 1 aliphatic rings. The fraction of sp³-hybridized carbons (Fsp3) is 0.714. The van der Waals surface area contributed by atoms with E-state index in [1.807, 2.05) is 13.8 Å². The molecule has 1 aliphatic heterocycles. The second-order valence-electron chi connectivity index (χ2n) is 5.37. The first kappa shape index (κ1) is 14.2. The van der Waals surface area contributed by atoms with E-state index in [0.717, 1.165) is 29.7 Å². The first-order chi connectivity index (χ1) is 9.01. The van der Waals surface area contributed by atoms with Gasteiger partial charge in [0.15, 0.2) is 0 Å². The molecule has 0 bridgehead atoms. The van der Waals surface area contributed by atoms with Crippen LogP contribution in [0.4, 0.5) is 0 Å². The largest absolute Gasteiger partial charge is 0.473 e. The van der Waals surface area contributed by atoms with Gasteiger partial charge in [-0.1, -0.05) is 0 Å². The maximum Gasteiger partial charge on any atom is 0.238 e. The molecule has 5 heteroatoms. The highest BCUT2D eigenvalue weighted by Gasteiger charge is 2.27. The van der Waals surface area contributed by atoms with Crippen LogP contribution < -0.4 is 10.5 Å². The average molecular weight is 265 g/mol. The lowest BCUT2D eigenvalue weighted by molar-refractivity contribution is -0.0733. The summed E-state index contributed by atoms with van der Waals surface area (Å²) in [6.45, 7) is 8.51. The number of nitrogens with two attached hydrogens (primary N) is 1. The van der Waals surface area contributed by atoms with Crippen molar-refractivity contribution in [2.45, 2.75) is 65.4 Å². The summed E-state index contributed by atoms with van der Waals surface area (Å²) in [6.07, 6.45) is 2.32. The summed E-state index contributed by atoms with van der Waals surface area (Å²) in [4.78, 5) is 0. The van der Waals surface area contributed by atoms with Crippen molar-refractivity contribution in [2.75, 3.05) is 0 Å². The van der Waals surface area contributed by atoms with Crippen molar-refractivity contribution in [3.05, 3.63) is 16.8 Å². The number of rotatable bonds is 3. The van der Waals surface area contributed by atoms with E-state index in [1.165, 1.54) is 0 Å². The Morgan fingerprint density at radius 3 is 2.42 bits per heavy atom. The van der Waals surface area contributed by atoms with Crippen molar-refractivity contribution < 1.29 is 9.47 Å². The smallest absolute Gasteiger partial charge is 0.238 e. The highest BCUT2D eigenvalue weighted by atomic mass is 16.5. The monoisotopic (exact) mass is 265 g/mol. The molecule has 0 aromatic carbocycles. The second kappa shape index (κ2) is 5.84. The third-order valence-corrected chi connectivity index (χ3v) is 3.68. The first-order valence-electron chi connectivity index (χ1n) is 6.86. The Hall–Kier alpha value is -1.20. The molecule has 2 unspecified atom stereocenters. The number of hydrogen-bond donors (Lipinski definition) is 1. The van der Waals surface area contributed by atoms with E-state index in [9.17, 15) is 0 Å². The van der Waals surface area contributed by atoms with Gasteiger partial charge in [0.25, 0.3) is 0 Å². The zero-order valence-corrected chi connectivity index (χ0v) is 12.1. The zero-order valence-electron chi connectivity index (χ0n) is 12.1. The van der Waals surface area contributed by atoms with Crippen LogP contribution in [0.15, 0.2) is 0 Å². The van der Waals surface area contributed by atoms with Gasteiger partial charge in [0.1, 0.15) is 6.10 Å². The molecule has 0 spiro atoms. The molecule has 1 aromatic rings. The number of aryl methyl sites for hydroxylation is 1. The van der Waals surface area contributed by atoms with Crippen molar-refractivity contribution in [1.29, 1.82) is 0 Å². The second-order valence-corrected chi connectivity index (χ2v) is 5.37. The molecule has 0 radical (unpaired) electrons. The lowest BCUT2D eigenvalue weighted by Gasteiger charge is -2.32. The lowest BCUT2D eigenvalue weighted by atomic mass is 10.0. The van der Waals surface area contributed by atoms with Crippen LogP contribution in [0.25, 0.3) is 0 Å². The van der Waals surface area contributed by atoms with E-state index in [2.05, 4.69) is 24.0 Å². The first-order valence-corrected chi connectivity index (χ1v) is 6.86. The van der Waals surface area contributed by atoms with Gasteiger partial charge >= 0.3 is 0 Å². The van der Waals surface area contributed by atoms with E-state index in [1.54, 1.807) is 0 Å². The molecule has 2 heterocycles. The van der Waals surface area contributed by atoms with Gasteiger partial charge in [-0.05, 0) is 33.3 Å². The summed E-state index contributed by atoms with van der Waals surface area (Å²) in [5.41, 5.74) is 8.74. The van der Waals surface area contributed by atoms with Crippen molar-refractivity contribution in [3.63, 3.8) is 0 Å². The highest BCUT2D eigenvalue weighted by Crippen LogP contribution is 2.26. The molecule has 19 heavy (non-hydrogen) atoms. The van der Waals surface area contributed by atoms with Crippen LogP contribution in [-0.2, 0) is 11.3 Å². The van der Waals surface area contributed by atoms with Gasteiger partial charge in [-0.2, -0.15) is 5.10 Å². The third kappa shape index (κ3) is 3.22. The molecule has 0 amide bonds. The molecule has 1 fully saturated rings. The summed E-state index contributed by atoms with van der Waals surface area (Å²) in [7, 11) is 0. The average Bonchev–Trinajstić information content (AvgIpc) is 2.33. The molecular weight excluding hydrogens is 242 g/mol. The number of hydrogen-bond acceptors (Lipinski definition) is 5. The maximum absolute atomic E-state index is 6.02.